The van der Waals surface area contributed by atoms with Gasteiger partial charge >= 0.3 is 5.97 Å². The van der Waals surface area contributed by atoms with E-state index in [9.17, 15) is 9.90 Å². The molecule has 0 fully saturated rings. The van der Waals surface area contributed by atoms with Crippen molar-refractivity contribution in [3.8, 4) is 17.2 Å². The fraction of sp³-hybridized carbons (Fsp3) is 0.364. The van der Waals surface area contributed by atoms with Crippen LogP contribution in [0, 0.1) is 0 Å². The number of carboxylic acid groups (broad SMARTS) is 1. The largest absolute Gasteiger partial charge is 0.504 e. The van der Waals surface area contributed by atoms with Crippen LogP contribution in [0.4, 0.5) is 0 Å². The molecular formula is C11H13NO5. The van der Waals surface area contributed by atoms with E-state index >= 15 is 0 Å². The third-order valence-corrected chi connectivity index (χ3v) is 2.52. The minimum absolute atomic E-state index is 0.113. The molecule has 1 aliphatic rings. The van der Waals surface area contributed by atoms with Crippen molar-refractivity contribution < 1.29 is 24.5 Å². The average Bonchev–Trinajstić information content (AvgIpc) is 2.54. The van der Waals surface area contributed by atoms with Crippen molar-refractivity contribution in [2.24, 2.45) is 5.73 Å². The molecule has 0 radical (unpaired) electrons. The maximum Gasteiger partial charge on any atom is 0.325 e. The molecule has 0 aliphatic carbocycles. The number of ether oxygens (including phenoxy) is 2. The first-order valence-electron chi connectivity index (χ1n) is 5.21. The van der Waals surface area contributed by atoms with Gasteiger partial charge in [-0.25, -0.2) is 0 Å². The second kappa shape index (κ2) is 4.50. The van der Waals surface area contributed by atoms with E-state index in [0.29, 0.717) is 25.4 Å². The third kappa shape index (κ3) is 2.12. The van der Waals surface area contributed by atoms with E-state index in [1.54, 1.807) is 6.07 Å². The van der Waals surface area contributed by atoms with Gasteiger partial charge in [-0.05, 0) is 12.1 Å². The van der Waals surface area contributed by atoms with Gasteiger partial charge in [-0.1, -0.05) is 0 Å². The highest BCUT2D eigenvalue weighted by atomic mass is 16.5. The quantitative estimate of drug-likeness (QED) is 0.699. The van der Waals surface area contributed by atoms with E-state index in [1.807, 2.05) is 0 Å². The predicted octanol–water partition coefficient (Wildman–Crippen LogP) is 0.638. The van der Waals surface area contributed by atoms with Gasteiger partial charge < -0.3 is 25.4 Å². The number of phenolic OH excluding ortho intramolecular Hbond substituents is 1. The highest BCUT2D eigenvalue weighted by Gasteiger charge is 2.24. The molecule has 4 N–H and O–H groups in total. The van der Waals surface area contributed by atoms with E-state index in [1.165, 1.54) is 6.07 Å². The van der Waals surface area contributed by atoms with Gasteiger partial charge in [-0.3, -0.25) is 4.79 Å². The van der Waals surface area contributed by atoms with E-state index in [4.69, 9.17) is 20.3 Å². The topological polar surface area (TPSA) is 102 Å². The summed E-state index contributed by atoms with van der Waals surface area (Å²) in [5.41, 5.74) is 5.57. The Morgan fingerprint density at radius 3 is 2.76 bits per heavy atom. The van der Waals surface area contributed by atoms with Gasteiger partial charge in [-0.15, -0.1) is 0 Å². The molecule has 2 rings (SSSR count). The number of carbonyl (C=O) groups is 1. The molecule has 0 amide bonds. The first-order chi connectivity index (χ1) is 8.11. The predicted molar refractivity (Wildman–Crippen MR) is 58.3 cm³/mol. The first-order valence-corrected chi connectivity index (χ1v) is 5.21. The second-order valence-corrected chi connectivity index (χ2v) is 3.70. The Hall–Kier alpha value is -1.95. The zero-order chi connectivity index (χ0) is 12.4. The zero-order valence-electron chi connectivity index (χ0n) is 9.05. The Morgan fingerprint density at radius 1 is 1.35 bits per heavy atom. The van der Waals surface area contributed by atoms with Gasteiger partial charge in [0, 0.05) is 12.0 Å². The Labute approximate surface area is 97.6 Å². The van der Waals surface area contributed by atoms with Crippen LogP contribution in [0.15, 0.2) is 12.1 Å². The second-order valence-electron chi connectivity index (χ2n) is 3.70. The Balaban J connectivity index is 2.44. The molecule has 1 aliphatic heterocycles. The number of hydrogen-bond donors (Lipinski definition) is 3. The van der Waals surface area contributed by atoms with Crippen LogP contribution in [0.5, 0.6) is 17.2 Å². The highest BCUT2D eigenvalue weighted by molar-refractivity contribution is 5.77. The monoisotopic (exact) mass is 239 g/mol. The summed E-state index contributed by atoms with van der Waals surface area (Å²) in [7, 11) is 0. The molecule has 1 unspecified atom stereocenters. The molecule has 0 aromatic heterocycles. The number of fused-ring (bicyclic) bond motifs is 1. The molecule has 6 heteroatoms. The van der Waals surface area contributed by atoms with Crippen molar-refractivity contribution in [3.05, 3.63) is 17.7 Å². The summed E-state index contributed by atoms with van der Waals surface area (Å²) in [5, 5.41) is 18.7. The van der Waals surface area contributed by atoms with Gasteiger partial charge in [0.2, 0.25) is 5.75 Å². The number of hydrogen-bond acceptors (Lipinski definition) is 5. The molecule has 0 saturated heterocycles. The summed E-state index contributed by atoms with van der Waals surface area (Å²) < 4.78 is 10.7. The molecular weight excluding hydrogens is 226 g/mol. The normalized spacial score (nSPS) is 16.1. The molecule has 1 atom stereocenters. The number of phenols is 1. The number of carboxylic acids is 1. The van der Waals surface area contributed by atoms with Gasteiger partial charge in [0.05, 0.1) is 13.2 Å². The van der Waals surface area contributed by atoms with Crippen molar-refractivity contribution in [1.29, 1.82) is 0 Å². The average molecular weight is 239 g/mol. The molecule has 0 saturated carbocycles. The standard InChI is InChI=1S/C11H13NO5/c12-8(11(14)15)6-2-3-7-10(9(6)13)17-5-1-4-16-7/h2-3,8,13H,1,4-5,12H2,(H,14,15). The van der Waals surface area contributed by atoms with E-state index in [-0.39, 0.29) is 17.1 Å². The van der Waals surface area contributed by atoms with Crippen LogP contribution in [-0.2, 0) is 4.79 Å². The lowest BCUT2D eigenvalue weighted by Crippen LogP contribution is -2.20. The van der Waals surface area contributed by atoms with Crippen molar-refractivity contribution in [2.45, 2.75) is 12.5 Å². The van der Waals surface area contributed by atoms with Crippen molar-refractivity contribution in [2.75, 3.05) is 13.2 Å². The minimum atomic E-state index is -1.29. The van der Waals surface area contributed by atoms with Crippen molar-refractivity contribution >= 4 is 5.97 Å². The fourth-order valence-electron chi connectivity index (χ4n) is 1.62. The molecule has 1 aromatic carbocycles. The smallest absolute Gasteiger partial charge is 0.325 e. The lowest BCUT2D eigenvalue weighted by molar-refractivity contribution is -0.138. The Kier molecular flexibility index (Phi) is 3.06. The van der Waals surface area contributed by atoms with Gasteiger partial charge in [0.15, 0.2) is 11.5 Å². The number of aliphatic carboxylic acids is 1. The molecule has 0 spiro atoms. The van der Waals surface area contributed by atoms with Crippen LogP contribution in [0.2, 0.25) is 0 Å². The Morgan fingerprint density at radius 2 is 2.06 bits per heavy atom. The summed E-state index contributed by atoms with van der Waals surface area (Å²) in [4.78, 5) is 10.8. The number of rotatable bonds is 2. The van der Waals surface area contributed by atoms with E-state index in [2.05, 4.69) is 0 Å². The summed E-state index contributed by atoms with van der Waals surface area (Å²) in [5.74, 6) is -0.910. The van der Waals surface area contributed by atoms with E-state index in [0.717, 1.165) is 0 Å². The molecule has 17 heavy (non-hydrogen) atoms. The molecule has 1 heterocycles. The molecule has 0 bridgehead atoms. The molecule has 1 aromatic rings. The van der Waals surface area contributed by atoms with Gasteiger partial charge in [-0.2, -0.15) is 0 Å². The summed E-state index contributed by atoms with van der Waals surface area (Å²) in [6, 6.07) is 1.70. The molecule has 92 valence electrons. The zero-order valence-corrected chi connectivity index (χ0v) is 9.05. The van der Waals surface area contributed by atoms with Crippen molar-refractivity contribution in [3.63, 3.8) is 0 Å². The van der Waals surface area contributed by atoms with Gasteiger partial charge in [0.25, 0.3) is 0 Å². The summed E-state index contributed by atoms with van der Waals surface area (Å²) >= 11 is 0. The lowest BCUT2D eigenvalue weighted by Gasteiger charge is -2.14. The minimum Gasteiger partial charge on any atom is -0.504 e. The SMILES string of the molecule is NC(C(=O)O)c1ccc2c(c1O)OCCCO2. The number of aromatic hydroxyl groups is 1. The maximum absolute atomic E-state index is 10.8. The summed E-state index contributed by atoms with van der Waals surface area (Å²) in [6.07, 6.45) is 0.703. The van der Waals surface area contributed by atoms with Crippen LogP contribution in [0.3, 0.4) is 0 Å². The van der Waals surface area contributed by atoms with Crippen molar-refractivity contribution in [1.82, 2.24) is 0 Å². The van der Waals surface area contributed by atoms with Crippen LogP contribution in [0.25, 0.3) is 0 Å². The highest BCUT2D eigenvalue weighted by Crippen LogP contribution is 2.42. The lowest BCUT2D eigenvalue weighted by atomic mass is 10.1. The van der Waals surface area contributed by atoms with Gasteiger partial charge in [0.1, 0.15) is 6.04 Å². The fourth-order valence-corrected chi connectivity index (χ4v) is 1.62. The Bertz CT molecular complexity index is 446. The summed E-state index contributed by atoms with van der Waals surface area (Å²) in [6.45, 7) is 0.906. The van der Waals surface area contributed by atoms with E-state index < -0.39 is 12.0 Å². The number of nitrogens with two attached hydrogens (primary N) is 1. The first kappa shape index (κ1) is 11.5. The van der Waals surface area contributed by atoms with Crippen LogP contribution in [0.1, 0.15) is 18.0 Å². The third-order valence-electron chi connectivity index (χ3n) is 2.52. The van der Waals surface area contributed by atoms with Crippen LogP contribution in [-0.4, -0.2) is 29.4 Å². The number of benzene rings is 1. The molecule has 6 nitrogen and oxygen atoms in total. The maximum atomic E-state index is 10.8. The van der Waals surface area contributed by atoms with Crippen LogP contribution < -0.4 is 15.2 Å². The van der Waals surface area contributed by atoms with Crippen LogP contribution >= 0.6 is 0 Å².